The summed E-state index contributed by atoms with van der Waals surface area (Å²) < 4.78 is 1.18. The maximum absolute atomic E-state index is 10.5. The summed E-state index contributed by atoms with van der Waals surface area (Å²) >= 11 is 2.38. The summed E-state index contributed by atoms with van der Waals surface area (Å²) in [5, 5.41) is 8.70. The van der Waals surface area contributed by atoms with Crippen molar-refractivity contribution in [1.82, 2.24) is 0 Å². The molecule has 0 radical (unpaired) electrons. The predicted molar refractivity (Wildman–Crippen MR) is 52.0 cm³/mol. The van der Waals surface area contributed by atoms with E-state index in [0.717, 1.165) is 31.6 Å². The van der Waals surface area contributed by atoms with Gasteiger partial charge in [-0.3, -0.25) is 4.79 Å². The van der Waals surface area contributed by atoms with Gasteiger partial charge in [0.2, 0.25) is 0 Å². The first kappa shape index (κ1) is 9.29. The Hall–Kier alpha value is 0.200. The van der Waals surface area contributed by atoms with Gasteiger partial charge in [0.1, 0.15) is 0 Å². The second-order valence-electron chi connectivity index (χ2n) is 3.21. The van der Waals surface area contributed by atoms with Crippen LogP contribution in [-0.2, 0) is 4.79 Å². The first-order valence-electron chi connectivity index (χ1n) is 4.02. The monoisotopic (exact) mass is 268 g/mol. The first-order valence-corrected chi connectivity index (χ1v) is 5.55. The van der Waals surface area contributed by atoms with Gasteiger partial charge in [0.05, 0.1) is 5.92 Å². The van der Waals surface area contributed by atoms with Gasteiger partial charge in [0.15, 0.2) is 0 Å². The molecule has 1 rings (SSSR count). The average Bonchev–Trinajstić information content (AvgIpc) is 2.05. The number of carbonyl (C=O) groups is 1. The highest BCUT2D eigenvalue weighted by atomic mass is 127. The molecule has 0 amide bonds. The Morgan fingerprint density at radius 2 is 1.91 bits per heavy atom. The van der Waals surface area contributed by atoms with Crippen molar-refractivity contribution >= 4 is 28.6 Å². The molecule has 0 spiro atoms. The fourth-order valence-corrected chi connectivity index (χ4v) is 2.44. The summed E-state index contributed by atoms with van der Waals surface area (Å²) in [4.78, 5) is 10.5. The lowest BCUT2D eigenvalue weighted by molar-refractivity contribution is -0.143. The molecule has 0 bridgehead atoms. The normalized spacial score (nSPS) is 31.7. The third kappa shape index (κ3) is 2.61. The molecule has 64 valence electrons. The van der Waals surface area contributed by atoms with Crippen molar-refractivity contribution in [3.8, 4) is 0 Å². The first-order chi connectivity index (χ1) is 5.24. The number of alkyl halides is 1. The van der Waals surface area contributed by atoms with Crippen molar-refractivity contribution in [2.45, 2.75) is 25.7 Å². The molecule has 1 fully saturated rings. The van der Waals surface area contributed by atoms with Crippen LogP contribution in [0.1, 0.15) is 25.7 Å². The molecule has 0 aliphatic heterocycles. The highest BCUT2D eigenvalue weighted by molar-refractivity contribution is 14.1. The Morgan fingerprint density at radius 3 is 2.27 bits per heavy atom. The van der Waals surface area contributed by atoms with E-state index >= 15 is 0 Å². The third-order valence-corrected chi connectivity index (χ3v) is 3.66. The van der Waals surface area contributed by atoms with Crippen LogP contribution in [0.15, 0.2) is 0 Å². The molecule has 1 aliphatic rings. The van der Waals surface area contributed by atoms with E-state index < -0.39 is 5.97 Å². The highest BCUT2D eigenvalue weighted by Gasteiger charge is 2.24. The van der Waals surface area contributed by atoms with Gasteiger partial charge in [0, 0.05) is 4.43 Å². The summed E-state index contributed by atoms with van der Waals surface area (Å²) in [5.74, 6) is 0.136. The molecule has 0 atom stereocenters. The zero-order chi connectivity index (χ0) is 8.27. The molecular weight excluding hydrogens is 255 g/mol. The quantitative estimate of drug-likeness (QED) is 0.616. The molecule has 3 heteroatoms. The van der Waals surface area contributed by atoms with Gasteiger partial charge < -0.3 is 5.11 Å². The van der Waals surface area contributed by atoms with Gasteiger partial charge in [-0.2, -0.15) is 0 Å². The summed E-state index contributed by atoms with van der Waals surface area (Å²) in [5.41, 5.74) is 0. The molecule has 2 nitrogen and oxygen atoms in total. The van der Waals surface area contributed by atoms with Gasteiger partial charge in [-0.1, -0.05) is 22.6 Å². The van der Waals surface area contributed by atoms with Crippen molar-refractivity contribution < 1.29 is 9.90 Å². The lowest BCUT2D eigenvalue weighted by atomic mass is 9.83. The van der Waals surface area contributed by atoms with E-state index in [4.69, 9.17) is 5.11 Å². The van der Waals surface area contributed by atoms with E-state index in [-0.39, 0.29) is 5.92 Å². The minimum atomic E-state index is -0.600. The van der Waals surface area contributed by atoms with Crippen LogP contribution in [0.5, 0.6) is 0 Å². The number of halogens is 1. The molecule has 11 heavy (non-hydrogen) atoms. The standard InChI is InChI=1S/C8H13IO2/c9-5-6-1-3-7(4-2-6)8(10)11/h6-7H,1-5H2,(H,10,11). The van der Waals surface area contributed by atoms with Gasteiger partial charge >= 0.3 is 5.97 Å². The largest absolute Gasteiger partial charge is 0.481 e. The Bertz CT molecular complexity index is 139. The van der Waals surface area contributed by atoms with E-state index in [0.29, 0.717) is 0 Å². The SMILES string of the molecule is O=C(O)C1CCC(CI)CC1. The summed E-state index contributed by atoms with van der Waals surface area (Å²) in [7, 11) is 0. The highest BCUT2D eigenvalue weighted by Crippen LogP contribution is 2.29. The van der Waals surface area contributed by atoms with Crippen LogP contribution in [-0.4, -0.2) is 15.5 Å². The topological polar surface area (TPSA) is 37.3 Å². The van der Waals surface area contributed by atoms with Crippen LogP contribution in [0.4, 0.5) is 0 Å². The average molecular weight is 268 g/mol. The molecule has 0 heterocycles. The third-order valence-electron chi connectivity index (χ3n) is 2.41. The van der Waals surface area contributed by atoms with Crippen molar-refractivity contribution in [3.05, 3.63) is 0 Å². The van der Waals surface area contributed by atoms with Crippen LogP contribution in [0.2, 0.25) is 0 Å². The van der Waals surface area contributed by atoms with Crippen LogP contribution in [0, 0.1) is 11.8 Å². The Morgan fingerprint density at radius 1 is 1.36 bits per heavy atom. The van der Waals surface area contributed by atoms with Crippen LogP contribution in [0.3, 0.4) is 0 Å². The number of carboxylic acid groups (broad SMARTS) is 1. The fourth-order valence-electron chi connectivity index (χ4n) is 1.56. The van der Waals surface area contributed by atoms with Crippen LogP contribution >= 0.6 is 22.6 Å². The van der Waals surface area contributed by atoms with Crippen LogP contribution in [0.25, 0.3) is 0 Å². The predicted octanol–water partition coefficient (Wildman–Crippen LogP) is 2.31. The van der Waals surface area contributed by atoms with E-state index in [2.05, 4.69) is 22.6 Å². The summed E-state index contributed by atoms with van der Waals surface area (Å²) in [6, 6.07) is 0. The van der Waals surface area contributed by atoms with Crippen LogP contribution < -0.4 is 0 Å². The zero-order valence-electron chi connectivity index (χ0n) is 6.42. The zero-order valence-corrected chi connectivity index (χ0v) is 8.58. The van der Waals surface area contributed by atoms with Gasteiger partial charge in [-0.15, -0.1) is 0 Å². The number of carboxylic acids is 1. The smallest absolute Gasteiger partial charge is 0.306 e. The van der Waals surface area contributed by atoms with E-state index in [9.17, 15) is 4.79 Å². The summed E-state index contributed by atoms with van der Waals surface area (Å²) in [6.45, 7) is 0. The van der Waals surface area contributed by atoms with Crippen molar-refractivity contribution in [1.29, 1.82) is 0 Å². The van der Waals surface area contributed by atoms with E-state index in [1.807, 2.05) is 0 Å². The Balaban J connectivity index is 2.30. The molecule has 1 N–H and O–H groups in total. The van der Waals surface area contributed by atoms with Crippen molar-refractivity contribution in [3.63, 3.8) is 0 Å². The lowest BCUT2D eigenvalue weighted by Gasteiger charge is -2.24. The summed E-state index contributed by atoms with van der Waals surface area (Å²) in [6.07, 6.45) is 4.01. The molecule has 0 unspecified atom stereocenters. The van der Waals surface area contributed by atoms with Gasteiger partial charge in [-0.05, 0) is 31.6 Å². The van der Waals surface area contributed by atoms with E-state index in [1.54, 1.807) is 0 Å². The second kappa shape index (κ2) is 4.28. The number of hydrogen-bond donors (Lipinski definition) is 1. The van der Waals surface area contributed by atoms with Crippen molar-refractivity contribution in [2.75, 3.05) is 4.43 Å². The number of aliphatic carboxylic acids is 1. The van der Waals surface area contributed by atoms with Gasteiger partial charge in [-0.25, -0.2) is 0 Å². The minimum Gasteiger partial charge on any atom is -0.481 e. The minimum absolute atomic E-state index is 0.0470. The number of hydrogen-bond acceptors (Lipinski definition) is 1. The Labute approximate surface area is 80.5 Å². The number of rotatable bonds is 2. The molecule has 0 aromatic heterocycles. The molecular formula is C8H13IO2. The lowest BCUT2D eigenvalue weighted by Crippen LogP contribution is -2.21. The Kier molecular flexibility index (Phi) is 3.62. The second-order valence-corrected chi connectivity index (χ2v) is 4.09. The van der Waals surface area contributed by atoms with E-state index in [1.165, 1.54) is 4.43 Å². The molecule has 0 saturated heterocycles. The maximum atomic E-state index is 10.5. The fraction of sp³-hybridized carbons (Fsp3) is 0.875. The molecule has 1 aliphatic carbocycles. The molecule has 1 saturated carbocycles. The van der Waals surface area contributed by atoms with Gasteiger partial charge in [0.25, 0.3) is 0 Å². The molecule has 0 aromatic carbocycles. The van der Waals surface area contributed by atoms with Crippen molar-refractivity contribution in [2.24, 2.45) is 11.8 Å². The maximum Gasteiger partial charge on any atom is 0.306 e. The molecule has 0 aromatic rings.